The van der Waals surface area contributed by atoms with E-state index in [2.05, 4.69) is 56.4 Å². The summed E-state index contributed by atoms with van der Waals surface area (Å²) in [6, 6.07) is 4.23. The number of nitrogens with one attached hydrogen (secondary N) is 2. The Balaban J connectivity index is 1.87. The minimum atomic E-state index is -0.482. The number of aromatic nitrogens is 2. The van der Waals surface area contributed by atoms with Crippen molar-refractivity contribution in [3.63, 3.8) is 0 Å². The number of anilines is 1. The van der Waals surface area contributed by atoms with E-state index in [0.29, 0.717) is 5.95 Å². The lowest BCUT2D eigenvalue weighted by molar-refractivity contribution is 0.0500. The number of alkyl carbamates (subject to hydrolysis) is 1. The number of rotatable bonds is 8. The van der Waals surface area contributed by atoms with Gasteiger partial charge in [0.1, 0.15) is 5.60 Å². The molecule has 2 N–H and O–H groups in total. The van der Waals surface area contributed by atoms with Gasteiger partial charge in [0.15, 0.2) is 0 Å². The van der Waals surface area contributed by atoms with E-state index < -0.39 is 5.60 Å². The Hall–Kier alpha value is -1.89. The Morgan fingerprint density at radius 1 is 1.29 bits per heavy atom. The van der Waals surface area contributed by atoms with E-state index in [-0.39, 0.29) is 12.1 Å². The van der Waals surface area contributed by atoms with Gasteiger partial charge in [0.2, 0.25) is 5.95 Å². The van der Waals surface area contributed by atoms with Crippen LogP contribution in [0.5, 0.6) is 0 Å². The summed E-state index contributed by atoms with van der Waals surface area (Å²) < 4.78 is 6.37. The predicted molar refractivity (Wildman–Crippen MR) is 118 cm³/mol. The first kappa shape index (κ1) is 22.4. The molecule has 154 valence electrons. The van der Waals surface area contributed by atoms with E-state index in [4.69, 9.17) is 4.74 Å². The van der Waals surface area contributed by atoms with Crippen LogP contribution in [0.25, 0.3) is 10.9 Å². The summed E-state index contributed by atoms with van der Waals surface area (Å²) in [4.78, 5) is 21.0. The van der Waals surface area contributed by atoms with E-state index in [1.807, 2.05) is 33.0 Å². The molecule has 0 aliphatic heterocycles. The number of carbonyl (C=O) groups excluding carboxylic acids is 1. The van der Waals surface area contributed by atoms with Crippen molar-refractivity contribution < 1.29 is 9.53 Å². The minimum absolute atomic E-state index is 0.0956. The molecule has 0 radical (unpaired) electrons. The minimum Gasteiger partial charge on any atom is -0.444 e. The van der Waals surface area contributed by atoms with Crippen LogP contribution in [0.3, 0.4) is 0 Å². The van der Waals surface area contributed by atoms with Gasteiger partial charge < -0.3 is 15.4 Å². The van der Waals surface area contributed by atoms with Crippen molar-refractivity contribution in [3.8, 4) is 0 Å². The molecule has 0 bridgehead atoms. The summed E-state index contributed by atoms with van der Waals surface area (Å²) in [5, 5.41) is 7.27. The number of halogens is 1. The quantitative estimate of drug-likeness (QED) is 0.522. The summed E-state index contributed by atoms with van der Waals surface area (Å²) in [6.45, 7) is 10.5. The van der Waals surface area contributed by atoms with Crippen LogP contribution in [0.15, 0.2) is 22.8 Å². The summed E-state index contributed by atoms with van der Waals surface area (Å²) in [5.41, 5.74) is 1.70. The zero-order chi connectivity index (χ0) is 20.7. The lowest BCUT2D eigenvalue weighted by atomic mass is 10.1. The van der Waals surface area contributed by atoms with Crippen LogP contribution >= 0.6 is 15.9 Å². The fourth-order valence-electron chi connectivity index (χ4n) is 2.93. The largest absolute Gasteiger partial charge is 0.444 e. The predicted octanol–water partition coefficient (Wildman–Crippen LogP) is 5.45. The Morgan fingerprint density at radius 2 is 2.04 bits per heavy atom. The van der Waals surface area contributed by atoms with Gasteiger partial charge in [0.25, 0.3) is 0 Å². The Morgan fingerprint density at radius 3 is 2.68 bits per heavy atom. The van der Waals surface area contributed by atoms with Crippen molar-refractivity contribution in [1.29, 1.82) is 0 Å². The van der Waals surface area contributed by atoms with Crippen molar-refractivity contribution in [2.75, 3.05) is 11.9 Å². The third-order valence-corrected chi connectivity index (χ3v) is 4.79. The number of nitrogens with zero attached hydrogens (tertiary/aromatic N) is 2. The van der Waals surface area contributed by atoms with Crippen LogP contribution in [0, 0.1) is 0 Å². The zero-order valence-electron chi connectivity index (χ0n) is 17.4. The molecule has 0 fully saturated rings. The molecular weight excluding hydrogens is 420 g/mol. The normalized spacial score (nSPS) is 12.6. The van der Waals surface area contributed by atoms with Gasteiger partial charge in [-0.2, -0.15) is 0 Å². The van der Waals surface area contributed by atoms with E-state index in [1.165, 1.54) is 5.56 Å². The highest BCUT2D eigenvalue weighted by Gasteiger charge is 2.18. The molecule has 28 heavy (non-hydrogen) atoms. The van der Waals surface area contributed by atoms with Gasteiger partial charge in [-0.3, -0.25) is 0 Å². The van der Waals surface area contributed by atoms with Gasteiger partial charge >= 0.3 is 6.09 Å². The molecule has 2 rings (SSSR count). The highest BCUT2D eigenvalue weighted by atomic mass is 79.9. The molecule has 6 nitrogen and oxygen atoms in total. The van der Waals surface area contributed by atoms with Crippen LogP contribution in [0.1, 0.15) is 59.4 Å². The second kappa shape index (κ2) is 10.0. The first-order chi connectivity index (χ1) is 13.2. The van der Waals surface area contributed by atoms with Crippen LogP contribution in [0.2, 0.25) is 0 Å². The van der Waals surface area contributed by atoms with Crippen molar-refractivity contribution >= 4 is 38.9 Å². The highest BCUT2D eigenvalue weighted by Crippen LogP contribution is 2.23. The molecular formula is C21H31BrN4O2. The molecule has 1 aromatic heterocycles. The first-order valence-corrected chi connectivity index (χ1v) is 10.7. The monoisotopic (exact) mass is 450 g/mol. The second-order valence-corrected chi connectivity index (χ2v) is 8.79. The number of hydrogen-bond acceptors (Lipinski definition) is 5. The molecule has 0 saturated heterocycles. The number of benzene rings is 1. The maximum atomic E-state index is 11.9. The number of ether oxygens (including phenoxy) is 1. The lowest BCUT2D eigenvalue weighted by Crippen LogP contribution is -2.39. The molecule has 1 atom stereocenters. The third kappa shape index (κ3) is 6.93. The zero-order valence-corrected chi connectivity index (χ0v) is 19.0. The molecule has 0 aliphatic rings. The molecule has 0 saturated carbocycles. The fraction of sp³-hybridized carbons (Fsp3) is 0.571. The van der Waals surface area contributed by atoms with Crippen LogP contribution in [-0.2, 0) is 11.2 Å². The van der Waals surface area contributed by atoms with E-state index in [0.717, 1.165) is 47.6 Å². The van der Waals surface area contributed by atoms with Crippen LogP contribution in [0.4, 0.5) is 10.7 Å². The molecule has 1 unspecified atom stereocenters. The van der Waals surface area contributed by atoms with Crippen molar-refractivity contribution in [1.82, 2.24) is 15.3 Å². The molecule has 1 amide bonds. The topological polar surface area (TPSA) is 76.1 Å². The van der Waals surface area contributed by atoms with Gasteiger partial charge in [-0.15, -0.1) is 0 Å². The lowest BCUT2D eigenvalue weighted by Gasteiger charge is -2.23. The van der Waals surface area contributed by atoms with Crippen LogP contribution in [-0.4, -0.2) is 34.2 Å². The van der Waals surface area contributed by atoms with Crippen LogP contribution < -0.4 is 10.6 Å². The molecule has 1 aromatic carbocycles. The Labute approximate surface area is 176 Å². The number of hydrogen-bond donors (Lipinski definition) is 2. The molecule has 7 heteroatoms. The summed E-state index contributed by atoms with van der Waals surface area (Å²) in [6.07, 6.45) is 5.04. The van der Waals surface area contributed by atoms with E-state index in [9.17, 15) is 4.79 Å². The standard InChI is InChI=1S/C21H31BrN4O2/c1-6-14-11-16(22)12-15-13-24-19(26-18(14)15)23-10-8-9-17(7-2)25-20(27)28-21(3,4)5/h11-13,17H,6-10H2,1-5H3,(H,25,27)(H,23,24,26). The Bertz CT molecular complexity index is 805. The number of fused-ring (bicyclic) bond motifs is 1. The maximum absolute atomic E-state index is 11.9. The van der Waals surface area contributed by atoms with Crippen molar-refractivity contribution in [2.45, 2.75) is 71.9 Å². The Kier molecular flexibility index (Phi) is 8.04. The number of aryl methyl sites for hydroxylation is 1. The third-order valence-electron chi connectivity index (χ3n) is 4.33. The first-order valence-electron chi connectivity index (χ1n) is 9.90. The van der Waals surface area contributed by atoms with Gasteiger partial charge in [-0.1, -0.05) is 29.8 Å². The smallest absolute Gasteiger partial charge is 0.407 e. The van der Waals surface area contributed by atoms with Gasteiger partial charge in [-0.25, -0.2) is 14.8 Å². The fourth-order valence-corrected chi connectivity index (χ4v) is 3.46. The molecule has 1 heterocycles. The second-order valence-electron chi connectivity index (χ2n) is 7.87. The average Bonchev–Trinajstić information content (AvgIpc) is 2.62. The summed E-state index contributed by atoms with van der Waals surface area (Å²) >= 11 is 3.54. The average molecular weight is 451 g/mol. The molecule has 0 aliphatic carbocycles. The molecule has 2 aromatic rings. The summed E-state index contributed by atoms with van der Waals surface area (Å²) in [7, 11) is 0. The highest BCUT2D eigenvalue weighted by molar-refractivity contribution is 9.10. The van der Waals surface area contributed by atoms with Gasteiger partial charge in [0, 0.05) is 28.6 Å². The number of carbonyl (C=O) groups is 1. The number of amides is 1. The maximum Gasteiger partial charge on any atom is 0.407 e. The van der Waals surface area contributed by atoms with Crippen molar-refractivity contribution in [2.24, 2.45) is 0 Å². The van der Waals surface area contributed by atoms with E-state index >= 15 is 0 Å². The molecule has 0 spiro atoms. The van der Waals surface area contributed by atoms with Gasteiger partial charge in [0.05, 0.1) is 5.52 Å². The van der Waals surface area contributed by atoms with E-state index in [1.54, 1.807) is 0 Å². The van der Waals surface area contributed by atoms with Crippen molar-refractivity contribution in [3.05, 3.63) is 28.4 Å². The SMILES string of the molecule is CCc1cc(Br)cc2cnc(NCCCC(CC)NC(=O)OC(C)(C)C)nc12. The van der Waals surface area contributed by atoms with Gasteiger partial charge in [-0.05, 0) is 64.2 Å². The summed E-state index contributed by atoms with van der Waals surface area (Å²) in [5.74, 6) is 0.637.